The summed E-state index contributed by atoms with van der Waals surface area (Å²) < 4.78 is 5.23. The van der Waals surface area contributed by atoms with E-state index >= 15 is 0 Å². The van der Waals surface area contributed by atoms with Gasteiger partial charge in [0.15, 0.2) is 6.10 Å². The second kappa shape index (κ2) is 5.46. The molecular weight excluding hydrogens is 250 g/mol. The Bertz CT molecular complexity index is 364. The summed E-state index contributed by atoms with van der Waals surface area (Å²) in [7, 11) is 1.63. The highest BCUT2D eigenvalue weighted by molar-refractivity contribution is 5.82. The lowest BCUT2D eigenvalue weighted by atomic mass is 10.0. The summed E-state index contributed by atoms with van der Waals surface area (Å²) in [6.45, 7) is 0.295. The number of nitrogens with zero attached hydrogens (tertiary/aromatic N) is 1. The first-order valence-electron chi connectivity index (χ1n) is 6.77. The predicted octanol–water partition coefficient (Wildman–Crippen LogP) is 0.382. The highest BCUT2D eigenvalue weighted by Gasteiger charge is 2.39. The minimum Gasteiger partial charge on any atom is -0.479 e. The number of aliphatic carboxylic acids is 1. The van der Waals surface area contributed by atoms with Crippen LogP contribution in [0.25, 0.3) is 0 Å². The Labute approximate surface area is 112 Å². The fourth-order valence-electron chi connectivity index (χ4n) is 2.96. The number of amides is 1. The molecule has 0 aromatic carbocycles. The van der Waals surface area contributed by atoms with Crippen LogP contribution in [0.2, 0.25) is 0 Å². The molecule has 6 heteroatoms. The molecule has 2 fully saturated rings. The van der Waals surface area contributed by atoms with Crippen molar-refractivity contribution in [2.75, 3.05) is 13.6 Å². The number of carbonyl (C=O) groups is 2. The largest absolute Gasteiger partial charge is 0.479 e. The summed E-state index contributed by atoms with van der Waals surface area (Å²) in [5, 5.41) is 19.1. The molecule has 0 aromatic rings. The smallest absolute Gasteiger partial charge is 0.332 e. The molecule has 1 saturated heterocycles. The van der Waals surface area contributed by atoms with Crippen molar-refractivity contribution in [1.82, 2.24) is 4.90 Å². The number of hydrogen-bond acceptors (Lipinski definition) is 4. The van der Waals surface area contributed by atoms with Gasteiger partial charge in [0.2, 0.25) is 0 Å². The minimum atomic E-state index is -1.02. The maximum atomic E-state index is 12.1. The summed E-state index contributed by atoms with van der Waals surface area (Å²) >= 11 is 0. The van der Waals surface area contributed by atoms with Gasteiger partial charge in [-0.3, -0.25) is 4.79 Å². The zero-order chi connectivity index (χ0) is 14.0. The van der Waals surface area contributed by atoms with Gasteiger partial charge in [-0.05, 0) is 25.7 Å². The lowest BCUT2D eigenvalue weighted by molar-refractivity contribution is -0.155. The maximum Gasteiger partial charge on any atom is 0.332 e. The Hall–Kier alpha value is -1.14. The van der Waals surface area contributed by atoms with Crippen LogP contribution < -0.4 is 0 Å². The minimum absolute atomic E-state index is 0.232. The summed E-state index contributed by atoms with van der Waals surface area (Å²) in [5.74, 6) is -1.25. The van der Waals surface area contributed by atoms with Gasteiger partial charge in [-0.15, -0.1) is 0 Å². The van der Waals surface area contributed by atoms with Gasteiger partial charge in [-0.25, -0.2) is 4.79 Å². The Balaban J connectivity index is 1.87. The van der Waals surface area contributed by atoms with E-state index in [-0.39, 0.29) is 5.91 Å². The number of ether oxygens (including phenoxy) is 1. The summed E-state index contributed by atoms with van der Waals surface area (Å²) in [4.78, 5) is 24.4. The molecule has 1 aliphatic heterocycles. The van der Waals surface area contributed by atoms with Crippen molar-refractivity contribution >= 4 is 11.9 Å². The van der Waals surface area contributed by atoms with E-state index in [1.165, 1.54) is 4.90 Å². The van der Waals surface area contributed by atoms with E-state index in [9.17, 15) is 14.7 Å². The van der Waals surface area contributed by atoms with Crippen LogP contribution >= 0.6 is 0 Å². The number of aliphatic hydroxyl groups is 1. The van der Waals surface area contributed by atoms with Crippen LogP contribution in [0.3, 0.4) is 0 Å². The van der Waals surface area contributed by atoms with Crippen LogP contribution in [0.4, 0.5) is 0 Å². The van der Waals surface area contributed by atoms with Crippen LogP contribution in [-0.4, -0.2) is 58.4 Å². The first-order chi connectivity index (χ1) is 8.91. The fourth-order valence-corrected chi connectivity index (χ4v) is 2.96. The molecule has 1 aliphatic carbocycles. The zero-order valence-corrected chi connectivity index (χ0v) is 11.2. The molecule has 0 spiro atoms. The molecule has 1 saturated carbocycles. The summed E-state index contributed by atoms with van der Waals surface area (Å²) in [6.07, 6.45) is 2.64. The normalized spacial score (nSPS) is 29.4. The molecule has 19 heavy (non-hydrogen) atoms. The standard InChI is InChI=1S/C13H21NO5/c1-14(8-13(18)6-2-3-7-13)11(15)9-4-5-10(19-9)12(16)17/h9-10,18H,2-8H2,1H3,(H,16,17). The number of carboxylic acid groups (broad SMARTS) is 1. The van der Waals surface area contributed by atoms with Crippen LogP contribution in [-0.2, 0) is 14.3 Å². The molecule has 0 bridgehead atoms. The molecule has 108 valence electrons. The van der Waals surface area contributed by atoms with E-state index < -0.39 is 23.8 Å². The van der Waals surface area contributed by atoms with Gasteiger partial charge in [-0.2, -0.15) is 0 Å². The molecule has 2 atom stereocenters. The monoisotopic (exact) mass is 271 g/mol. The average molecular weight is 271 g/mol. The highest BCUT2D eigenvalue weighted by Crippen LogP contribution is 2.30. The number of hydrogen-bond donors (Lipinski definition) is 2. The van der Waals surface area contributed by atoms with Crippen molar-refractivity contribution in [3.63, 3.8) is 0 Å². The summed E-state index contributed by atoms with van der Waals surface area (Å²) in [6, 6.07) is 0. The third-order valence-electron chi connectivity index (χ3n) is 4.01. The Morgan fingerprint density at radius 1 is 1.26 bits per heavy atom. The lowest BCUT2D eigenvalue weighted by Gasteiger charge is -2.30. The molecule has 2 N–H and O–H groups in total. The van der Waals surface area contributed by atoms with Crippen molar-refractivity contribution in [3.05, 3.63) is 0 Å². The molecule has 0 aromatic heterocycles. The zero-order valence-electron chi connectivity index (χ0n) is 11.2. The maximum absolute atomic E-state index is 12.1. The second-order valence-corrected chi connectivity index (χ2v) is 5.65. The quantitative estimate of drug-likeness (QED) is 0.772. The van der Waals surface area contributed by atoms with Gasteiger partial charge < -0.3 is 19.8 Å². The first kappa shape index (κ1) is 14.3. The van der Waals surface area contributed by atoms with Gasteiger partial charge in [-0.1, -0.05) is 12.8 Å². The van der Waals surface area contributed by atoms with Crippen molar-refractivity contribution in [2.24, 2.45) is 0 Å². The fraction of sp³-hybridized carbons (Fsp3) is 0.846. The SMILES string of the molecule is CN(CC1(O)CCCC1)C(=O)C1CCC(C(=O)O)O1. The second-order valence-electron chi connectivity index (χ2n) is 5.65. The van der Waals surface area contributed by atoms with Gasteiger partial charge in [0, 0.05) is 13.6 Å². The van der Waals surface area contributed by atoms with Crippen LogP contribution in [0.15, 0.2) is 0 Å². The molecule has 6 nitrogen and oxygen atoms in total. The average Bonchev–Trinajstić information content (AvgIpc) is 2.97. The Morgan fingerprint density at radius 2 is 1.84 bits per heavy atom. The number of rotatable bonds is 4. The van der Waals surface area contributed by atoms with Crippen molar-refractivity contribution in [1.29, 1.82) is 0 Å². The van der Waals surface area contributed by atoms with Crippen molar-refractivity contribution in [2.45, 2.75) is 56.3 Å². The van der Waals surface area contributed by atoms with E-state index in [1.54, 1.807) is 7.05 Å². The Kier molecular flexibility index (Phi) is 4.10. The molecule has 2 aliphatic rings. The predicted molar refractivity (Wildman–Crippen MR) is 66.6 cm³/mol. The lowest BCUT2D eigenvalue weighted by Crippen LogP contribution is -2.45. The van der Waals surface area contributed by atoms with Crippen LogP contribution in [0, 0.1) is 0 Å². The molecule has 0 radical (unpaired) electrons. The van der Waals surface area contributed by atoms with Gasteiger partial charge in [0.25, 0.3) is 5.91 Å². The molecule has 2 rings (SSSR count). The highest BCUT2D eigenvalue weighted by atomic mass is 16.5. The third-order valence-corrected chi connectivity index (χ3v) is 4.01. The van der Waals surface area contributed by atoms with E-state index in [0.717, 1.165) is 12.8 Å². The van der Waals surface area contributed by atoms with Gasteiger partial charge in [0.05, 0.1) is 5.60 Å². The molecule has 1 amide bonds. The van der Waals surface area contributed by atoms with E-state index in [2.05, 4.69) is 0 Å². The topological polar surface area (TPSA) is 87.1 Å². The van der Waals surface area contributed by atoms with E-state index in [0.29, 0.717) is 32.2 Å². The van der Waals surface area contributed by atoms with Crippen molar-refractivity contribution in [3.8, 4) is 0 Å². The molecular formula is C13H21NO5. The Morgan fingerprint density at radius 3 is 2.37 bits per heavy atom. The van der Waals surface area contributed by atoms with Gasteiger partial charge in [0.1, 0.15) is 6.10 Å². The van der Waals surface area contributed by atoms with Gasteiger partial charge >= 0.3 is 5.97 Å². The molecule has 1 heterocycles. The van der Waals surface area contributed by atoms with Crippen LogP contribution in [0.1, 0.15) is 38.5 Å². The van der Waals surface area contributed by atoms with Crippen LogP contribution in [0.5, 0.6) is 0 Å². The first-order valence-corrected chi connectivity index (χ1v) is 6.77. The van der Waals surface area contributed by atoms with Crippen molar-refractivity contribution < 1.29 is 24.5 Å². The third kappa shape index (κ3) is 3.25. The molecule has 2 unspecified atom stereocenters. The van der Waals surface area contributed by atoms with E-state index in [4.69, 9.17) is 9.84 Å². The number of likely N-dealkylation sites (N-methyl/N-ethyl adjacent to an activating group) is 1. The summed E-state index contributed by atoms with van der Waals surface area (Å²) in [5.41, 5.74) is -0.783. The number of carboxylic acids is 1. The van der Waals surface area contributed by atoms with E-state index in [1.807, 2.05) is 0 Å². The number of carbonyl (C=O) groups excluding carboxylic acids is 1.